The first kappa shape index (κ1) is 13.1. The molecule has 3 N–H and O–H groups in total. The van der Waals surface area contributed by atoms with Gasteiger partial charge in [0.15, 0.2) is 17.6 Å². The van der Waals surface area contributed by atoms with Gasteiger partial charge in [-0.15, -0.1) is 0 Å². The number of aliphatic hydroxyl groups excluding tert-OH is 1. The van der Waals surface area contributed by atoms with Crippen LogP contribution in [0.5, 0.6) is 11.5 Å². The van der Waals surface area contributed by atoms with Crippen LogP contribution < -0.4 is 0 Å². The molecule has 1 unspecified atom stereocenters. The molecule has 0 amide bonds. The van der Waals surface area contributed by atoms with Gasteiger partial charge in [-0.05, 0) is 23.8 Å². The van der Waals surface area contributed by atoms with Gasteiger partial charge in [0.1, 0.15) is 0 Å². The van der Waals surface area contributed by atoms with Crippen molar-refractivity contribution in [1.82, 2.24) is 10.1 Å². The second kappa shape index (κ2) is 5.26. The maximum absolute atomic E-state index is 10.2. The zero-order valence-corrected chi connectivity index (χ0v) is 10.8. The fourth-order valence-electron chi connectivity index (χ4n) is 1.90. The maximum atomic E-state index is 10.2. The average Bonchev–Trinajstić information content (AvgIpc) is 3.00. The fourth-order valence-corrected chi connectivity index (χ4v) is 1.90. The van der Waals surface area contributed by atoms with Crippen molar-refractivity contribution in [2.45, 2.75) is 6.10 Å². The molecule has 0 fully saturated rings. The van der Waals surface area contributed by atoms with E-state index in [4.69, 9.17) is 4.52 Å². The van der Waals surface area contributed by atoms with Gasteiger partial charge in [0.25, 0.3) is 5.89 Å². The summed E-state index contributed by atoms with van der Waals surface area (Å²) in [7, 11) is 0. The highest BCUT2D eigenvalue weighted by Gasteiger charge is 2.19. The number of nitrogens with zero attached hydrogens (tertiary/aromatic N) is 2. The van der Waals surface area contributed by atoms with Crippen molar-refractivity contribution in [3.8, 4) is 22.9 Å². The van der Waals surface area contributed by atoms with E-state index in [2.05, 4.69) is 10.1 Å². The molecular formula is C15H12N2O4. The molecule has 0 aliphatic carbocycles. The fraction of sp³-hybridized carbons (Fsp3) is 0.0667. The minimum absolute atomic E-state index is 0.0590. The van der Waals surface area contributed by atoms with Gasteiger partial charge in [-0.25, -0.2) is 0 Å². The summed E-state index contributed by atoms with van der Waals surface area (Å²) < 4.78 is 5.05. The molecule has 2 aromatic carbocycles. The molecule has 3 rings (SSSR count). The van der Waals surface area contributed by atoms with Gasteiger partial charge in [-0.2, -0.15) is 4.98 Å². The number of phenolic OH excluding ortho intramolecular Hbond substituents is 2. The highest BCUT2D eigenvalue weighted by atomic mass is 16.5. The Labute approximate surface area is 119 Å². The summed E-state index contributed by atoms with van der Waals surface area (Å²) in [5, 5.41) is 32.7. The molecular weight excluding hydrogens is 272 g/mol. The normalized spacial score (nSPS) is 12.2. The highest BCUT2D eigenvalue weighted by Crippen LogP contribution is 2.30. The second-order valence-electron chi connectivity index (χ2n) is 4.47. The van der Waals surface area contributed by atoms with Crippen LogP contribution in [0.15, 0.2) is 53.1 Å². The minimum atomic E-state index is -1.02. The third kappa shape index (κ3) is 2.56. The van der Waals surface area contributed by atoms with Gasteiger partial charge < -0.3 is 19.8 Å². The summed E-state index contributed by atoms with van der Waals surface area (Å²) in [6, 6.07) is 13.1. The van der Waals surface area contributed by atoms with E-state index in [0.29, 0.717) is 11.1 Å². The van der Waals surface area contributed by atoms with Gasteiger partial charge in [0.05, 0.1) is 0 Å². The lowest BCUT2D eigenvalue weighted by molar-refractivity contribution is 0.170. The third-order valence-electron chi connectivity index (χ3n) is 3.02. The molecule has 0 spiro atoms. The largest absolute Gasteiger partial charge is 0.504 e. The first-order valence-electron chi connectivity index (χ1n) is 6.24. The van der Waals surface area contributed by atoms with Crippen LogP contribution in [-0.4, -0.2) is 25.5 Å². The van der Waals surface area contributed by atoms with Crippen LogP contribution in [0.3, 0.4) is 0 Å². The Balaban J connectivity index is 1.91. The predicted octanol–water partition coefficient (Wildman–Crippen LogP) is 2.23. The molecule has 1 aromatic heterocycles. The molecule has 1 atom stereocenters. The van der Waals surface area contributed by atoms with Gasteiger partial charge in [-0.1, -0.05) is 35.5 Å². The number of hydrogen-bond acceptors (Lipinski definition) is 6. The minimum Gasteiger partial charge on any atom is -0.504 e. The van der Waals surface area contributed by atoms with Crippen LogP contribution >= 0.6 is 0 Å². The van der Waals surface area contributed by atoms with E-state index < -0.39 is 6.10 Å². The van der Waals surface area contributed by atoms with E-state index >= 15 is 0 Å². The average molecular weight is 284 g/mol. The van der Waals surface area contributed by atoms with E-state index in [9.17, 15) is 15.3 Å². The summed E-state index contributed by atoms with van der Waals surface area (Å²) in [5.74, 6) is -0.228. The summed E-state index contributed by atoms with van der Waals surface area (Å²) in [6.07, 6.45) is -1.02. The van der Waals surface area contributed by atoms with Crippen LogP contribution in [-0.2, 0) is 0 Å². The lowest BCUT2D eigenvalue weighted by Crippen LogP contribution is -1.99. The number of aromatic nitrogens is 2. The molecule has 1 heterocycles. The van der Waals surface area contributed by atoms with E-state index in [1.165, 1.54) is 12.1 Å². The first-order chi connectivity index (χ1) is 10.1. The number of benzene rings is 2. The van der Waals surface area contributed by atoms with E-state index in [1.807, 2.05) is 6.07 Å². The van der Waals surface area contributed by atoms with Crippen molar-refractivity contribution >= 4 is 0 Å². The molecule has 0 saturated heterocycles. The van der Waals surface area contributed by atoms with Crippen LogP contribution in [0.2, 0.25) is 0 Å². The Morgan fingerprint density at radius 3 is 2.43 bits per heavy atom. The molecule has 0 aliphatic heterocycles. The van der Waals surface area contributed by atoms with Crippen molar-refractivity contribution < 1.29 is 19.8 Å². The predicted molar refractivity (Wildman–Crippen MR) is 73.6 cm³/mol. The summed E-state index contributed by atoms with van der Waals surface area (Å²) in [6.45, 7) is 0. The van der Waals surface area contributed by atoms with Crippen LogP contribution in [0.1, 0.15) is 17.6 Å². The van der Waals surface area contributed by atoms with Gasteiger partial charge >= 0.3 is 0 Å². The van der Waals surface area contributed by atoms with Crippen molar-refractivity contribution in [2.24, 2.45) is 0 Å². The van der Waals surface area contributed by atoms with Crippen LogP contribution in [0, 0.1) is 0 Å². The smallest absolute Gasteiger partial charge is 0.260 e. The lowest BCUT2D eigenvalue weighted by atomic mass is 10.1. The Hall–Kier alpha value is -2.86. The van der Waals surface area contributed by atoms with E-state index in [0.717, 1.165) is 0 Å². The second-order valence-corrected chi connectivity index (χ2v) is 4.47. The van der Waals surface area contributed by atoms with Crippen molar-refractivity contribution in [1.29, 1.82) is 0 Å². The molecule has 0 saturated carbocycles. The van der Waals surface area contributed by atoms with Crippen molar-refractivity contribution in [2.75, 3.05) is 0 Å². The zero-order chi connectivity index (χ0) is 14.8. The lowest BCUT2D eigenvalue weighted by Gasteiger charge is -2.04. The van der Waals surface area contributed by atoms with E-state index in [-0.39, 0.29) is 23.2 Å². The Morgan fingerprint density at radius 2 is 1.71 bits per heavy atom. The van der Waals surface area contributed by atoms with E-state index in [1.54, 1.807) is 30.3 Å². The molecule has 6 heteroatoms. The first-order valence-corrected chi connectivity index (χ1v) is 6.24. The van der Waals surface area contributed by atoms with Crippen molar-refractivity contribution in [3.05, 3.63) is 60.0 Å². The molecule has 21 heavy (non-hydrogen) atoms. The standard InChI is InChI=1S/C15H12N2O4/c18-11-7-6-10(8-12(11)19)14-16-15(21-17-14)13(20)9-4-2-1-3-5-9/h1-8,13,18-20H. The topological polar surface area (TPSA) is 99.6 Å². The number of phenols is 2. The summed E-state index contributed by atoms with van der Waals surface area (Å²) >= 11 is 0. The maximum Gasteiger partial charge on any atom is 0.260 e. The van der Waals surface area contributed by atoms with Crippen LogP contribution in [0.25, 0.3) is 11.4 Å². The molecule has 0 bridgehead atoms. The molecule has 6 nitrogen and oxygen atoms in total. The summed E-state index contributed by atoms with van der Waals surface area (Å²) in [5.41, 5.74) is 1.11. The van der Waals surface area contributed by atoms with Gasteiger partial charge in [0, 0.05) is 5.56 Å². The number of rotatable bonds is 3. The number of aliphatic hydroxyl groups is 1. The molecule has 3 aromatic rings. The quantitative estimate of drug-likeness (QED) is 0.638. The van der Waals surface area contributed by atoms with Gasteiger partial charge in [0.2, 0.25) is 5.82 Å². The third-order valence-corrected chi connectivity index (χ3v) is 3.02. The zero-order valence-electron chi connectivity index (χ0n) is 10.8. The monoisotopic (exact) mass is 284 g/mol. The Morgan fingerprint density at radius 1 is 0.952 bits per heavy atom. The molecule has 0 radical (unpaired) electrons. The van der Waals surface area contributed by atoms with Gasteiger partial charge in [-0.3, -0.25) is 0 Å². The SMILES string of the molecule is Oc1ccc(-c2noc(C(O)c3ccccc3)n2)cc1O. The van der Waals surface area contributed by atoms with Crippen molar-refractivity contribution in [3.63, 3.8) is 0 Å². The Bertz CT molecular complexity index is 755. The number of hydrogen-bond donors (Lipinski definition) is 3. The molecule has 0 aliphatic rings. The van der Waals surface area contributed by atoms with Crippen LogP contribution in [0.4, 0.5) is 0 Å². The Kier molecular flexibility index (Phi) is 3.29. The highest BCUT2D eigenvalue weighted by molar-refractivity contribution is 5.60. The molecule has 106 valence electrons. The number of aromatic hydroxyl groups is 2. The summed E-state index contributed by atoms with van der Waals surface area (Å²) in [4.78, 5) is 4.11.